The maximum atomic E-state index is 12.5. The number of ether oxygens (including phenoxy) is 1. The number of nitrogens with one attached hydrogen (secondary N) is 3. The van der Waals surface area contributed by atoms with Crippen LogP contribution in [0.15, 0.2) is 48.5 Å². The molecule has 2 aromatic carbocycles. The number of carbonyl (C=O) groups excluding carboxylic acids is 4. The minimum absolute atomic E-state index is 0.191. The predicted octanol–water partition coefficient (Wildman–Crippen LogP) is 1.37. The molecule has 1 aliphatic rings. The van der Waals surface area contributed by atoms with Crippen LogP contribution in [-0.4, -0.2) is 50.6 Å². The Labute approximate surface area is 167 Å². The van der Waals surface area contributed by atoms with Crippen LogP contribution in [0.25, 0.3) is 0 Å². The van der Waals surface area contributed by atoms with Crippen molar-refractivity contribution in [2.24, 2.45) is 0 Å². The number of benzene rings is 2. The zero-order valence-electron chi connectivity index (χ0n) is 15.7. The van der Waals surface area contributed by atoms with Gasteiger partial charge in [0.15, 0.2) is 0 Å². The monoisotopic (exact) mass is 396 g/mol. The van der Waals surface area contributed by atoms with E-state index in [0.29, 0.717) is 35.6 Å². The second kappa shape index (κ2) is 8.87. The van der Waals surface area contributed by atoms with Gasteiger partial charge >= 0.3 is 12.0 Å². The first-order chi connectivity index (χ1) is 14.0. The molecule has 1 saturated heterocycles. The minimum Gasteiger partial charge on any atom is -0.468 e. The van der Waals surface area contributed by atoms with Crippen molar-refractivity contribution in [2.75, 3.05) is 37.0 Å². The molecule has 1 aliphatic heterocycles. The molecule has 9 nitrogen and oxygen atoms in total. The summed E-state index contributed by atoms with van der Waals surface area (Å²) in [4.78, 5) is 48.9. The third-order valence-electron chi connectivity index (χ3n) is 4.30. The number of urea groups is 1. The molecule has 1 heterocycles. The van der Waals surface area contributed by atoms with E-state index in [1.54, 1.807) is 41.3 Å². The zero-order valence-corrected chi connectivity index (χ0v) is 15.7. The Hall–Kier alpha value is -3.88. The number of amides is 4. The van der Waals surface area contributed by atoms with Gasteiger partial charge in [-0.15, -0.1) is 0 Å². The van der Waals surface area contributed by atoms with Gasteiger partial charge in [0.2, 0.25) is 0 Å². The number of carbonyl (C=O) groups is 4. The van der Waals surface area contributed by atoms with Crippen LogP contribution in [0.1, 0.15) is 20.7 Å². The van der Waals surface area contributed by atoms with Gasteiger partial charge in [-0.05, 0) is 42.5 Å². The van der Waals surface area contributed by atoms with Crippen LogP contribution >= 0.6 is 0 Å². The lowest BCUT2D eigenvalue weighted by molar-refractivity contribution is -0.139. The molecule has 2 aromatic rings. The average molecular weight is 396 g/mol. The fourth-order valence-corrected chi connectivity index (χ4v) is 2.77. The van der Waals surface area contributed by atoms with Gasteiger partial charge in [0, 0.05) is 35.6 Å². The normalized spacial score (nSPS) is 12.9. The van der Waals surface area contributed by atoms with E-state index >= 15 is 0 Å². The van der Waals surface area contributed by atoms with Crippen molar-refractivity contribution < 1.29 is 23.9 Å². The fourth-order valence-electron chi connectivity index (χ4n) is 2.77. The third-order valence-corrected chi connectivity index (χ3v) is 4.30. The zero-order chi connectivity index (χ0) is 20.8. The fraction of sp³-hybridized carbons (Fsp3) is 0.200. The van der Waals surface area contributed by atoms with Crippen LogP contribution in [0.2, 0.25) is 0 Å². The van der Waals surface area contributed by atoms with E-state index in [0.717, 1.165) is 0 Å². The van der Waals surface area contributed by atoms with Gasteiger partial charge in [0.25, 0.3) is 11.8 Å². The van der Waals surface area contributed by atoms with Crippen molar-refractivity contribution >= 4 is 35.2 Å². The summed E-state index contributed by atoms with van der Waals surface area (Å²) in [7, 11) is 1.24. The number of hydrogen-bond acceptors (Lipinski definition) is 5. The molecular formula is C20H20N4O5. The highest BCUT2D eigenvalue weighted by Crippen LogP contribution is 2.19. The van der Waals surface area contributed by atoms with Gasteiger partial charge in [-0.25, -0.2) is 4.79 Å². The van der Waals surface area contributed by atoms with Crippen molar-refractivity contribution in [3.63, 3.8) is 0 Å². The SMILES string of the molecule is COC(=O)CNC(=O)c1ccc(NC(=O)c2cccc(N3CCNC3=O)c2)cc1. The van der Waals surface area contributed by atoms with Gasteiger partial charge in [-0.2, -0.15) is 0 Å². The Kier molecular flexibility index (Phi) is 6.08. The number of rotatable bonds is 6. The summed E-state index contributed by atoms with van der Waals surface area (Å²) in [5.74, 6) is -1.31. The number of anilines is 2. The Bertz CT molecular complexity index is 942. The minimum atomic E-state index is -0.545. The van der Waals surface area contributed by atoms with E-state index in [9.17, 15) is 19.2 Å². The summed E-state index contributed by atoms with van der Waals surface area (Å²) >= 11 is 0. The van der Waals surface area contributed by atoms with Crippen molar-refractivity contribution in [1.82, 2.24) is 10.6 Å². The first-order valence-electron chi connectivity index (χ1n) is 8.90. The van der Waals surface area contributed by atoms with E-state index in [4.69, 9.17) is 0 Å². The van der Waals surface area contributed by atoms with E-state index in [1.807, 2.05) is 0 Å². The van der Waals surface area contributed by atoms with Crippen molar-refractivity contribution in [3.8, 4) is 0 Å². The molecule has 150 valence electrons. The molecule has 0 atom stereocenters. The Morgan fingerprint density at radius 1 is 1.07 bits per heavy atom. The number of esters is 1. The highest BCUT2D eigenvalue weighted by atomic mass is 16.5. The van der Waals surface area contributed by atoms with Crippen LogP contribution < -0.4 is 20.9 Å². The maximum Gasteiger partial charge on any atom is 0.325 e. The predicted molar refractivity (Wildman–Crippen MR) is 106 cm³/mol. The van der Waals surface area contributed by atoms with E-state index in [2.05, 4.69) is 20.7 Å². The first kappa shape index (κ1) is 19.9. The second-order valence-corrected chi connectivity index (χ2v) is 6.22. The summed E-state index contributed by atoms with van der Waals surface area (Å²) in [6.07, 6.45) is 0. The molecular weight excluding hydrogens is 376 g/mol. The summed E-state index contributed by atoms with van der Waals surface area (Å²) in [5.41, 5.74) is 1.89. The molecule has 0 aromatic heterocycles. The average Bonchev–Trinajstić information content (AvgIpc) is 3.18. The Balaban J connectivity index is 1.63. The van der Waals surface area contributed by atoms with E-state index < -0.39 is 11.9 Å². The maximum absolute atomic E-state index is 12.5. The lowest BCUT2D eigenvalue weighted by atomic mass is 10.1. The van der Waals surface area contributed by atoms with Crippen molar-refractivity contribution in [3.05, 3.63) is 59.7 Å². The van der Waals surface area contributed by atoms with Gasteiger partial charge < -0.3 is 20.7 Å². The lowest BCUT2D eigenvalue weighted by Crippen LogP contribution is -2.30. The van der Waals surface area contributed by atoms with Crippen LogP contribution in [0.5, 0.6) is 0 Å². The molecule has 0 radical (unpaired) electrons. The van der Waals surface area contributed by atoms with Crippen LogP contribution in [0.3, 0.4) is 0 Å². The molecule has 29 heavy (non-hydrogen) atoms. The first-order valence-corrected chi connectivity index (χ1v) is 8.90. The molecule has 0 aliphatic carbocycles. The molecule has 0 bridgehead atoms. The van der Waals surface area contributed by atoms with Crippen LogP contribution in [0.4, 0.5) is 16.2 Å². The lowest BCUT2D eigenvalue weighted by Gasteiger charge is -2.15. The van der Waals surface area contributed by atoms with Gasteiger partial charge in [0.1, 0.15) is 6.54 Å². The van der Waals surface area contributed by atoms with E-state index in [-0.39, 0.29) is 18.5 Å². The molecule has 9 heteroatoms. The van der Waals surface area contributed by atoms with Crippen LogP contribution in [0, 0.1) is 0 Å². The largest absolute Gasteiger partial charge is 0.468 e. The summed E-state index contributed by atoms with van der Waals surface area (Å²) < 4.78 is 4.46. The molecule has 3 rings (SSSR count). The highest BCUT2D eigenvalue weighted by molar-refractivity contribution is 6.06. The standard InChI is InChI=1S/C20H20N4O5/c1-29-17(25)12-22-18(26)13-5-7-15(8-6-13)23-19(27)14-3-2-4-16(11-14)24-10-9-21-20(24)28/h2-8,11H,9-10,12H2,1H3,(H,21,28)(H,22,26)(H,23,27). The van der Waals surface area contributed by atoms with Crippen LogP contribution in [-0.2, 0) is 9.53 Å². The summed E-state index contributed by atoms with van der Waals surface area (Å²) in [5, 5.41) is 7.90. The van der Waals surface area contributed by atoms with Gasteiger partial charge in [-0.3, -0.25) is 19.3 Å². The molecule has 0 saturated carbocycles. The molecule has 4 amide bonds. The van der Waals surface area contributed by atoms with Crippen molar-refractivity contribution in [2.45, 2.75) is 0 Å². The topological polar surface area (TPSA) is 117 Å². The number of methoxy groups -OCH3 is 1. The molecule has 3 N–H and O–H groups in total. The molecule has 0 spiro atoms. The Morgan fingerprint density at radius 2 is 1.83 bits per heavy atom. The number of hydrogen-bond donors (Lipinski definition) is 3. The second-order valence-electron chi connectivity index (χ2n) is 6.22. The van der Waals surface area contributed by atoms with Gasteiger partial charge in [0.05, 0.1) is 7.11 Å². The summed E-state index contributed by atoms with van der Waals surface area (Å²) in [6.45, 7) is 0.886. The molecule has 1 fully saturated rings. The smallest absolute Gasteiger partial charge is 0.325 e. The Morgan fingerprint density at radius 3 is 2.48 bits per heavy atom. The number of nitrogens with zero attached hydrogens (tertiary/aromatic N) is 1. The van der Waals surface area contributed by atoms with Crippen molar-refractivity contribution in [1.29, 1.82) is 0 Å². The quantitative estimate of drug-likeness (QED) is 0.638. The van der Waals surface area contributed by atoms with E-state index in [1.165, 1.54) is 19.2 Å². The molecule has 0 unspecified atom stereocenters. The highest BCUT2D eigenvalue weighted by Gasteiger charge is 2.21. The van der Waals surface area contributed by atoms with Gasteiger partial charge in [-0.1, -0.05) is 6.07 Å². The third kappa shape index (κ3) is 4.89. The summed E-state index contributed by atoms with van der Waals surface area (Å²) in [6, 6.07) is 12.8.